The van der Waals surface area contributed by atoms with E-state index in [1.165, 1.54) is 177 Å². The third kappa shape index (κ3) is 8.34. The lowest BCUT2D eigenvalue weighted by Crippen LogP contribution is -2.15. The van der Waals surface area contributed by atoms with Crippen molar-refractivity contribution in [2.24, 2.45) is 0 Å². The van der Waals surface area contributed by atoms with Crippen LogP contribution < -0.4 is 0 Å². The third-order valence-electron chi connectivity index (χ3n) is 24.9. The molecule has 494 valence electrons. The van der Waals surface area contributed by atoms with Gasteiger partial charge < -0.3 is 9.13 Å². The molecule has 2 heterocycles. The Bertz CT molecular complexity index is 6150. The maximum atomic E-state index is 2.64. The van der Waals surface area contributed by atoms with Gasteiger partial charge in [0.1, 0.15) is 0 Å². The third-order valence-corrected chi connectivity index (χ3v) is 24.9. The van der Waals surface area contributed by atoms with Crippen LogP contribution in [-0.4, -0.2) is 9.13 Å². The van der Waals surface area contributed by atoms with Crippen LogP contribution in [0.15, 0.2) is 315 Å². The second kappa shape index (κ2) is 21.7. The average molecular weight is 1330 g/mol. The predicted octanol–water partition coefficient (Wildman–Crippen LogP) is 27.1. The van der Waals surface area contributed by atoms with Crippen LogP contribution in [0.1, 0.15) is 99.9 Å². The van der Waals surface area contributed by atoms with Crippen molar-refractivity contribution in [2.45, 2.75) is 77.0 Å². The van der Waals surface area contributed by atoms with Gasteiger partial charge in [-0.3, -0.25) is 0 Å². The molecule has 0 amide bonds. The minimum atomic E-state index is -0.262. The lowest BCUT2D eigenvalue weighted by atomic mass is 9.79. The molecule has 4 aliphatic carbocycles. The molecule has 2 aromatic heterocycles. The Morgan fingerprint density at radius 3 is 0.769 bits per heavy atom. The largest absolute Gasteiger partial charge is 0.309 e. The number of benzene rings is 15. The van der Waals surface area contributed by atoms with Crippen LogP contribution in [0.2, 0.25) is 0 Å². The first-order valence-corrected chi connectivity index (χ1v) is 37.1. The summed E-state index contributed by atoms with van der Waals surface area (Å²) >= 11 is 0. The van der Waals surface area contributed by atoms with Crippen molar-refractivity contribution in [2.75, 3.05) is 0 Å². The first-order chi connectivity index (χ1) is 50.6. The van der Waals surface area contributed by atoms with Crippen molar-refractivity contribution in [1.29, 1.82) is 0 Å². The van der Waals surface area contributed by atoms with Gasteiger partial charge in [-0.1, -0.05) is 310 Å². The normalized spacial score (nSPS) is 14.8. The average Bonchev–Trinajstić information content (AvgIpc) is 1.60. The maximum absolute atomic E-state index is 2.64. The van der Waals surface area contributed by atoms with E-state index in [1.807, 2.05) is 0 Å². The molecule has 0 N–H and O–H groups in total. The summed E-state index contributed by atoms with van der Waals surface area (Å²) in [5, 5.41) is 7.20. The van der Waals surface area contributed by atoms with E-state index in [2.05, 4.69) is 380 Å². The molecule has 0 aliphatic heterocycles. The van der Waals surface area contributed by atoms with E-state index in [4.69, 9.17) is 0 Å². The Hall–Kier alpha value is -12.1. The minimum absolute atomic E-state index is 0.229. The molecule has 0 fully saturated rings. The van der Waals surface area contributed by atoms with Crippen LogP contribution in [0.5, 0.6) is 0 Å². The summed E-state index contributed by atoms with van der Waals surface area (Å²) in [6.45, 7) is 19.4. The lowest BCUT2D eigenvalue weighted by Gasteiger charge is -2.24. The van der Waals surface area contributed by atoms with Crippen molar-refractivity contribution in [3.8, 4) is 123 Å². The molecule has 2 nitrogen and oxygen atoms in total. The molecule has 0 saturated carbocycles. The highest BCUT2D eigenvalue weighted by atomic mass is 15.0. The first kappa shape index (κ1) is 60.6. The Morgan fingerprint density at radius 2 is 0.442 bits per heavy atom. The molecular weight excluding hydrogens is 1250 g/mol. The van der Waals surface area contributed by atoms with E-state index in [1.54, 1.807) is 0 Å². The molecule has 2 heteroatoms. The number of nitrogens with zero attached hydrogens (tertiary/aromatic N) is 2. The molecule has 17 aromatic rings. The topological polar surface area (TPSA) is 9.86 Å². The van der Waals surface area contributed by atoms with Gasteiger partial charge in [0.2, 0.25) is 0 Å². The SMILES string of the molecule is CC1(C)c2ccccc2-c2ccc(-c3c4cc5c(-c6ccccc6)c(-c6ccccc6)n(-c6ccc7c(c6)C(C)(C)c6ccccc6-7)c5cc4c(-c4ccc5c(c4)C(C)(C)c4ccccc4-5)c4cc5c(-c6ccccc6)c(-c6ccccc6)n(-c6ccc7c(c6)C(C)(C)c6ccccc6-7)c5cc34)cc21. The van der Waals surface area contributed by atoms with Gasteiger partial charge in [-0.2, -0.15) is 0 Å². The van der Waals surface area contributed by atoms with Gasteiger partial charge in [-0.05, 0) is 216 Å². The van der Waals surface area contributed by atoms with E-state index in [9.17, 15) is 0 Å². The molecule has 0 unspecified atom stereocenters. The van der Waals surface area contributed by atoms with Gasteiger partial charge in [0.05, 0.1) is 22.4 Å². The highest BCUT2D eigenvalue weighted by molar-refractivity contribution is 6.28. The Labute approximate surface area is 608 Å². The molecule has 0 spiro atoms. The van der Waals surface area contributed by atoms with Gasteiger partial charge >= 0.3 is 0 Å². The fourth-order valence-electron chi connectivity index (χ4n) is 19.9. The molecule has 4 aliphatic rings. The highest BCUT2D eigenvalue weighted by Gasteiger charge is 2.41. The minimum Gasteiger partial charge on any atom is -0.309 e. The van der Waals surface area contributed by atoms with Crippen LogP contribution in [0, 0.1) is 0 Å². The van der Waals surface area contributed by atoms with Crippen molar-refractivity contribution >= 4 is 43.4 Å². The highest BCUT2D eigenvalue weighted by Crippen LogP contribution is 2.59. The smallest absolute Gasteiger partial charge is 0.0619 e. The number of hydrogen-bond donors (Lipinski definition) is 0. The monoisotopic (exact) mass is 1330 g/mol. The summed E-state index contributed by atoms with van der Waals surface area (Å²) in [6.07, 6.45) is 0. The maximum Gasteiger partial charge on any atom is 0.0619 e. The van der Waals surface area contributed by atoms with Gasteiger partial charge in [-0.15, -0.1) is 0 Å². The zero-order valence-corrected chi connectivity index (χ0v) is 59.9. The number of hydrogen-bond acceptors (Lipinski definition) is 0. The van der Waals surface area contributed by atoms with E-state index >= 15 is 0 Å². The van der Waals surface area contributed by atoms with Gasteiger partial charge in [0, 0.05) is 54.9 Å². The summed E-state index contributed by atoms with van der Waals surface area (Å²) in [6, 6.07) is 121. The van der Waals surface area contributed by atoms with Gasteiger partial charge in [0.25, 0.3) is 0 Å². The van der Waals surface area contributed by atoms with Crippen LogP contribution in [0.4, 0.5) is 0 Å². The number of rotatable bonds is 8. The quantitative estimate of drug-likeness (QED) is 0.134. The Kier molecular flexibility index (Phi) is 12.7. The Balaban J connectivity index is 0.976. The number of fused-ring (bicyclic) bond motifs is 16. The summed E-state index contributed by atoms with van der Waals surface area (Å²) in [7, 11) is 0. The van der Waals surface area contributed by atoms with Gasteiger partial charge in [-0.25, -0.2) is 0 Å². The molecular formula is C102H76N2. The van der Waals surface area contributed by atoms with Crippen LogP contribution in [-0.2, 0) is 21.7 Å². The summed E-state index contributed by atoms with van der Waals surface area (Å²) in [4.78, 5) is 0. The second-order valence-electron chi connectivity index (χ2n) is 31.8. The van der Waals surface area contributed by atoms with E-state index in [-0.39, 0.29) is 21.7 Å². The summed E-state index contributed by atoms with van der Waals surface area (Å²) in [5.41, 5.74) is 39.1. The van der Waals surface area contributed by atoms with E-state index < -0.39 is 0 Å². The predicted molar refractivity (Wildman–Crippen MR) is 438 cm³/mol. The second-order valence-corrected chi connectivity index (χ2v) is 31.8. The van der Waals surface area contributed by atoms with E-state index in [0.29, 0.717) is 0 Å². The molecule has 0 saturated heterocycles. The summed E-state index contributed by atoms with van der Waals surface area (Å²) < 4.78 is 5.27. The van der Waals surface area contributed by atoms with E-state index in [0.717, 1.165) is 33.5 Å². The van der Waals surface area contributed by atoms with Crippen molar-refractivity contribution in [1.82, 2.24) is 9.13 Å². The number of aromatic nitrogens is 2. The van der Waals surface area contributed by atoms with Crippen molar-refractivity contribution in [3.05, 3.63) is 360 Å². The van der Waals surface area contributed by atoms with Crippen LogP contribution in [0.3, 0.4) is 0 Å². The molecule has 15 aromatic carbocycles. The van der Waals surface area contributed by atoms with Crippen LogP contribution in [0.25, 0.3) is 166 Å². The standard InChI is InChI=1S/C102H76N2/c1-99(2)83-41-25-21-37-69(83)73-49-45-65(53-87(73)99)93-77-57-81-92(104(97(63-33-17-11-18-34-63)95(81)61-29-13-9-14-30-61)68-48-52-76-72-40-24-28-44-86(72)102(7,8)90(76)56-68)60-80(77)94(66-46-50-74-70-38-22-26-42-84(70)100(3,4)88(74)54-66)78-58-82-91(59-79(78)93)103(98(64-35-19-12-20-36-64)96(82)62-31-15-10-16-32-62)67-47-51-75-71-39-23-27-43-85(71)101(5,6)89(75)55-67/h9-60H,1-8H3. The lowest BCUT2D eigenvalue weighted by molar-refractivity contribution is 0.659. The van der Waals surface area contributed by atoms with Crippen molar-refractivity contribution in [3.63, 3.8) is 0 Å². The first-order valence-electron chi connectivity index (χ1n) is 37.1. The molecule has 0 radical (unpaired) electrons. The Morgan fingerprint density at radius 1 is 0.183 bits per heavy atom. The summed E-state index contributed by atoms with van der Waals surface area (Å²) in [5.74, 6) is 0. The van der Waals surface area contributed by atoms with Gasteiger partial charge in [0.15, 0.2) is 0 Å². The fraction of sp³-hybridized carbons (Fsp3) is 0.118. The zero-order valence-electron chi connectivity index (χ0n) is 59.9. The molecule has 0 atom stereocenters. The zero-order chi connectivity index (χ0) is 69.9. The van der Waals surface area contributed by atoms with Crippen LogP contribution >= 0.6 is 0 Å². The molecule has 104 heavy (non-hydrogen) atoms. The fourth-order valence-corrected chi connectivity index (χ4v) is 19.9. The molecule has 21 rings (SSSR count). The van der Waals surface area contributed by atoms with Crippen molar-refractivity contribution < 1.29 is 0 Å². The molecule has 0 bridgehead atoms.